The van der Waals surface area contributed by atoms with Crippen molar-refractivity contribution in [3.63, 3.8) is 0 Å². The molecule has 0 saturated heterocycles. The third-order valence-electron chi connectivity index (χ3n) is 1.95. The Hall–Kier alpha value is -0.830. The minimum atomic E-state index is -0.160. The number of hydrogen-bond acceptors (Lipinski definition) is 3. The third-order valence-corrected chi connectivity index (χ3v) is 3.33. The van der Waals surface area contributed by atoms with E-state index in [1.54, 1.807) is 11.3 Å². The van der Waals surface area contributed by atoms with E-state index in [2.05, 4.69) is 17.7 Å². The molecule has 0 atom stereocenters. The van der Waals surface area contributed by atoms with Crippen molar-refractivity contribution in [2.45, 2.75) is 26.7 Å². The maximum Gasteiger partial charge on any atom is 0.310 e. The number of ether oxygens (including phenoxy) is 1. The first kappa shape index (κ1) is 10.3. The Labute approximate surface area is 82.5 Å². The largest absolute Gasteiger partial charge is 0.469 e. The summed E-state index contributed by atoms with van der Waals surface area (Å²) < 4.78 is 4.62. The van der Waals surface area contributed by atoms with Gasteiger partial charge in [0.2, 0.25) is 0 Å². The maximum atomic E-state index is 11.0. The molecule has 72 valence electrons. The molecule has 0 fully saturated rings. The summed E-state index contributed by atoms with van der Waals surface area (Å²) in [5.41, 5.74) is 1.20. The number of carbonyl (C=O) groups is 1. The molecule has 0 bridgehead atoms. The van der Waals surface area contributed by atoms with Gasteiger partial charge in [0.05, 0.1) is 13.5 Å². The Kier molecular flexibility index (Phi) is 3.48. The fraction of sp³-hybridized carbons (Fsp3) is 0.500. The van der Waals surface area contributed by atoms with Crippen molar-refractivity contribution in [2.75, 3.05) is 7.11 Å². The molecule has 0 aliphatic rings. The Morgan fingerprint density at radius 3 is 2.77 bits per heavy atom. The van der Waals surface area contributed by atoms with Gasteiger partial charge in [-0.25, -0.2) is 0 Å². The number of rotatable bonds is 3. The van der Waals surface area contributed by atoms with Gasteiger partial charge in [-0.2, -0.15) is 0 Å². The van der Waals surface area contributed by atoms with E-state index in [-0.39, 0.29) is 5.97 Å². The quantitative estimate of drug-likeness (QED) is 0.697. The van der Waals surface area contributed by atoms with Crippen molar-refractivity contribution in [1.82, 2.24) is 0 Å². The number of methoxy groups -OCH3 is 1. The van der Waals surface area contributed by atoms with Crippen LogP contribution in [-0.4, -0.2) is 13.1 Å². The van der Waals surface area contributed by atoms with E-state index in [0.29, 0.717) is 6.42 Å². The van der Waals surface area contributed by atoms with Crippen molar-refractivity contribution in [3.05, 3.63) is 21.4 Å². The zero-order valence-corrected chi connectivity index (χ0v) is 9.03. The van der Waals surface area contributed by atoms with Gasteiger partial charge in [0.1, 0.15) is 0 Å². The van der Waals surface area contributed by atoms with E-state index in [9.17, 15) is 4.79 Å². The highest BCUT2D eigenvalue weighted by Crippen LogP contribution is 2.22. The zero-order valence-electron chi connectivity index (χ0n) is 8.22. The summed E-state index contributed by atoms with van der Waals surface area (Å²) in [7, 11) is 1.42. The molecule has 1 rings (SSSR count). The van der Waals surface area contributed by atoms with Crippen LogP contribution in [0.3, 0.4) is 0 Å². The Morgan fingerprint density at radius 2 is 2.31 bits per heavy atom. The smallest absolute Gasteiger partial charge is 0.310 e. The van der Waals surface area contributed by atoms with Crippen LogP contribution >= 0.6 is 11.3 Å². The minimum Gasteiger partial charge on any atom is -0.469 e. The summed E-state index contributed by atoms with van der Waals surface area (Å²) in [5.74, 6) is -0.160. The maximum absolute atomic E-state index is 11.0. The van der Waals surface area contributed by atoms with E-state index in [0.717, 1.165) is 11.3 Å². The number of esters is 1. The van der Waals surface area contributed by atoms with E-state index in [1.807, 2.05) is 6.92 Å². The molecule has 0 aliphatic carbocycles. The second kappa shape index (κ2) is 4.42. The van der Waals surface area contributed by atoms with Gasteiger partial charge < -0.3 is 4.74 Å². The van der Waals surface area contributed by atoms with Crippen LogP contribution in [0.2, 0.25) is 0 Å². The van der Waals surface area contributed by atoms with E-state index < -0.39 is 0 Å². The number of aryl methyl sites for hydroxylation is 2. The highest BCUT2D eigenvalue weighted by atomic mass is 32.1. The van der Waals surface area contributed by atoms with Crippen LogP contribution in [0.15, 0.2) is 6.07 Å². The fourth-order valence-electron chi connectivity index (χ4n) is 1.14. The van der Waals surface area contributed by atoms with Crippen LogP contribution in [0.5, 0.6) is 0 Å². The number of hydrogen-bond donors (Lipinski definition) is 0. The lowest BCUT2D eigenvalue weighted by atomic mass is 10.2. The van der Waals surface area contributed by atoms with Gasteiger partial charge in [-0.05, 0) is 25.0 Å². The Bertz CT molecular complexity index is 302. The molecule has 0 aromatic carbocycles. The first-order valence-corrected chi connectivity index (χ1v) is 5.14. The predicted molar refractivity (Wildman–Crippen MR) is 54.2 cm³/mol. The van der Waals surface area contributed by atoms with Crippen molar-refractivity contribution >= 4 is 17.3 Å². The van der Waals surface area contributed by atoms with Gasteiger partial charge in [-0.1, -0.05) is 6.92 Å². The third kappa shape index (κ3) is 2.56. The van der Waals surface area contributed by atoms with E-state index >= 15 is 0 Å². The fourth-order valence-corrected chi connectivity index (χ4v) is 2.25. The van der Waals surface area contributed by atoms with Crippen LogP contribution in [0.1, 0.15) is 22.2 Å². The average Bonchev–Trinajstić information content (AvgIpc) is 2.47. The summed E-state index contributed by atoms with van der Waals surface area (Å²) in [6, 6.07) is 2.14. The molecule has 3 heteroatoms. The van der Waals surface area contributed by atoms with Gasteiger partial charge in [0, 0.05) is 9.75 Å². The van der Waals surface area contributed by atoms with Gasteiger partial charge in [-0.3, -0.25) is 4.79 Å². The molecule has 13 heavy (non-hydrogen) atoms. The molecule has 0 aliphatic heterocycles. The molecule has 0 radical (unpaired) electrons. The highest BCUT2D eigenvalue weighted by Gasteiger charge is 2.09. The molecular weight excluding hydrogens is 184 g/mol. The average molecular weight is 198 g/mol. The lowest BCUT2D eigenvalue weighted by Gasteiger charge is -1.96. The molecule has 1 heterocycles. The molecule has 0 spiro atoms. The normalized spacial score (nSPS) is 10.1. The van der Waals surface area contributed by atoms with Gasteiger partial charge >= 0.3 is 5.97 Å². The molecule has 1 aromatic rings. The standard InChI is InChI=1S/C10H14O2S/c1-4-8-5-7(2)9(13-8)6-10(11)12-3/h5H,4,6H2,1-3H3. The molecule has 0 amide bonds. The zero-order chi connectivity index (χ0) is 9.84. The molecule has 0 unspecified atom stereocenters. The van der Waals surface area contributed by atoms with Crippen LogP contribution in [-0.2, 0) is 22.4 Å². The predicted octanol–water partition coefficient (Wildman–Crippen LogP) is 2.33. The summed E-state index contributed by atoms with van der Waals surface area (Å²) in [6.45, 7) is 4.15. The number of carbonyl (C=O) groups excluding carboxylic acids is 1. The van der Waals surface area contributed by atoms with E-state index in [1.165, 1.54) is 17.6 Å². The lowest BCUT2D eigenvalue weighted by molar-refractivity contribution is -0.139. The second-order valence-electron chi connectivity index (χ2n) is 2.93. The highest BCUT2D eigenvalue weighted by molar-refractivity contribution is 7.12. The van der Waals surface area contributed by atoms with Gasteiger partial charge in [-0.15, -0.1) is 11.3 Å². The Balaban J connectivity index is 2.76. The first-order valence-electron chi connectivity index (χ1n) is 4.32. The second-order valence-corrected chi connectivity index (χ2v) is 4.15. The van der Waals surface area contributed by atoms with Gasteiger partial charge in [0.25, 0.3) is 0 Å². The van der Waals surface area contributed by atoms with Gasteiger partial charge in [0.15, 0.2) is 0 Å². The van der Waals surface area contributed by atoms with Crippen LogP contribution < -0.4 is 0 Å². The summed E-state index contributed by atoms with van der Waals surface area (Å²) in [5, 5.41) is 0. The van der Waals surface area contributed by atoms with E-state index in [4.69, 9.17) is 0 Å². The number of thiophene rings is 1. The summed E-state index contributed by atoms with van der Waals surface area (Å²) >= 11 is 1.70. The van der Waals surface area contributed by atoms with Crippen LogP contribution in [0.25, 0.3) is 0 Å². The van der Waals surface area contributed by atoms with Crippen molar-refractivity contribution in [3.8, 4) is 0 Å². The molecule has 2 nitrogen and oxygen atoms in total. The molecular formula is C10H14O2S. The summed E-state index contributed by atoms with van der Waals surface area (Å²) in [4.78, 5) is 13.5. The minimum absolute atomic E-state index is 0.160. The summed E-state index contributed by atoms with van der Waals surface area (Å²) in [6.07, 6.45) is 1.44. The van der Waals surface area contributed by atoms with Crippen molar-refractivity contribution in [1.29, 1.82) is 0 Å². The van der Waals surface area contributed by atoms with Crippen molar-refractivity contribution < 1.29 is 9.53 Å². The lowest BCUT2D eigenvalue weighted by Crippen LogP contribution is -2.03. The van der Waals surface area contributed by atoms with Crippen LogP contribution in [0.4, 0.5) is 0 Å². The Morgan fingerprint density at radius 1 is 1.62 bits per heavy atom. The first-order chi connectivity index (χ1) is 6.17. The molecule has 1 aromatic heterocycles. The SMILES string of the molecule is CCc1cc(C)c(CC(=O)OC)s1. The molecule has 0 saturated carbocycles. The molecule has 0 N–H and O–H groups in total. The van der Waals surface area contributed by atoms with Crippen molar-refractivity contribution in [2.24, 2.45) is 0 Å². The van der Waals surface area contributed by atoms with Crippen LogP contribution in [0, 0.1) is 6.92 Å². The monoisotopic (exact) mass is 198 g/mol. The topological polar surface area (TPSA) is 26.3 Å².